The molecule has 6 nitrogen and oxygen atoms in total. The zero-order valence-corrected chi connectivity index (χ0v) is 17.7. The van der Waals surface area contributed by atoms with E-state index in [1.165, 1.54) is 0 Å². The fraction of sp³-hybridized carbons (Fsp3) is 0.348. The first-order chi connectivity index (χ1) is 14.6. The van der Waals surface area contributed by atoms with E-state index in [4.69, 9.17) is 22.1 Å². The molecule has 0 aromatic heterocycles. The summed E-state index contributed by atoms with van der Waals surface area (Å²) in [6, 6.07) is 15.9. The van der Waals surface area contributed by atoms with Gasteiger partial charge in [0.05, 0.1) is 13.2 Å². The Hall–Kier alpha value is -2.38. The van der Waals surface area contributed by atoms with Crippen LogP contribution in [0.2, 0.25) is 5.02 Å². The summed E-state index contributed by atoms with van der Waals surface area (Å²) < 4.78 is 5.40. The number of allylic oxidation sites excluding steroid dienone is 1. The number of nitrogens with one attached hydrogen (secondary N) is 2. The highest BCUT2D eigenvalue weighted by Gasteiger charge is 2.28. The molecule has 2 aromatic carbocycles. The normalized spacial score (nSPS) is 21.7. The summed E-state index contributed by atoms with van der Waals surface area (Å²) in [6.45, 7) is 5.63. The summed E-state index contributed by atoms with van der Waals surface area (Å²) >= 11 is 6.15. The minimum absolute atomic E-state index is 0.709. The lowest BCUT2D eigenvalue weighted by molar-refractivity contribution is 0.0375. The third kappa shape index (κ3) is 5.21. The van der Waals surface area contributed by atoms with Gasteiger partial charge in [0, 0.05) is 36.4 Å². The number of morpholine rings is 1. The summed E-state index contributed by atoms with van der Waals surface area (Å²) in [6.07, 6.45) is 4.73. The zero-order valence-electron chi connectivity index (χ0n) is 17.0. The Morgan fingerprint density at radius 2 is 1.90 bits per heavy atom. The maximum atomic E-state index is 6.63. The molecule has 158 valence electrons. The van der Waals surface area contributed by atoms with Gasteiger partial charge in [-0.2, -0.15) is 0 Å². The number of aliphatic imine (C=N–C) groups is 1. The number of hydrogen-bond acceptors (Lipinski definition) is 6. The lowest BCUT2D eigenvalue weighted by Gasteiger charge is -2.32. The highest BCUT2D eigenvalue weighted by Crippen LogP contribution is 2.27. The molecule has 1 saturated heterocycles. The van der Waals surface area contributed by atoms with E-state index in [9.17, 15) is 0 Å². The number of ether oxygens (including phenoxy) is 1. The predicted molar refractivity (Wildman–Crippen MR) is 122 cm³/mol. The first-order valence-electron chi connectivity index (χ1n) is 10.4. The van der Waals surface area contributed by atoms with Crippen molar-refractivity contribution in [1.29, 1.82) is 0 Å². The van der Waals surface area contributed by atoms with Gasteiger partial charge in [0.2, 0.25) is 5.79 Å². The maximum Gasteiger partial charge on any atom is 0.210 e. The number of nitrogens with two attached hydrogens (primary N) is 1. The third-order valence-corrected chi connectivity index (χ3v) is 5.61. The smallest absolute Gasteiger partial charge is 0.210 e. The molecule has 0 saturated carbocycles. The highest BCUT2D eigenvalue weighted by molar-refractivity contribution is 6.30. The van der Waals surface area contributed by atoms with E-state index in [0.717, 1.165) is 68.3 Å². The van der Waals surface area contributed by atoms with Gasteiger partial charge in [-0.1, -0.05) is 41.9 Å². The number of benzene rings is 2. The van der Waals surface area contributed by atoms with E-state index in [0.29, 0.717) is 5.02 Å². The van der Waals surface area contributed by atoms with Gasteiger partial charge >= 0.3 is 0 Å². The summed E-state index contributed by atoms with van der Waals surface area (Å²) in [5.41, 5.74) is 9.61. The van der Waals surface area contributed by atoms with E-state index in [1.807, 2.05) is 48.5 Å². The molecule has 0 bridgehead atoms. The van der Waals surface area contributed by atoms with Crippen LogP contribution in [0, 0.1) is 0 Å². The van der Waals surface area contributed by atoms with Gasteiger partial charge in [-0.15, -0.1) is 0 Å². The molecule has 30 heavy (non-hydrogen) atoms. The topological polar surface area (TPSA) is 74.9 Å². The Balaban J connectivity index is 1.37. The molecule has 7 heteroatoms. The third-order valence-electron chi connectivity index (χ3n) is 5.38. The molecular weight excluding hydrogens is 398 g/mol. The molecule has 0 aliphatic carbocycles. The quantitative estimate of drug-likeness (QED) is 0.595. The van der Waals surface area contributed by atoms with E-state index in [1.54, 1.807) is 6.21 Å². The highest BCUT2D eigenvalue weighted by atomic mass is 35.5. The van der Waals surface area contributed by atoms with Crippen molar-refractivity contribution in [2.45, 2.75) is 12.2 Å². The number of nitrogens with zero attached hydrogens (tertiary/aromatic N) is 2. The molecule has 1 atom stereocenters. The van der Waals surface area contributed by atoms with Gasteiger partial charge < -0.3 is 15.4 Å². The van der Waals surface area contributed by atoms with Crippen molar-refractivity contribution in [1.82, 2.24) is 15.5 Å². The van der Waals surface area contributed by atoms with Crippen LogP contribution in [0.1, 0.15) is 12.0 Å². The van der Waals surface area contributed by atoms with Gasteiger partial charge in [0.1, 0.15) is 5.82 Å². The average molecular weight is 426 g/mol. The lowest BCUT2D eigenvalue weighted by atomic mass is 9.99. The second kappa shape index (κ2) is 9.62. The molecular formula is C23H28ClN5O. The van der Waals surface area contributed by atoms with E-state index in [2.05, 4.69) is 26.6 Å². The number of rotatable bonds is 7. The Morgan fingerprint density at radius 1 is 1.13 bits per heavy atom. The first-order valence-corrected chi connectivity index (χ1v) is 10.7. The summed E-state index contributed by atoms with van der Waals surface area (Å²) in [7, 11) is 0. The molecule has 0 radical (unpaired) electrons. The van der Waals surface area contributed by atoms with Gasteiger partial charge in [-0.25, -0.2) is 4.99 Å². The molecule has 2 aromatic rings. The minimum atomic E-state index is -1.02. The molecule has 4 N–H and O–H groups in total. The van der Waals surface area contributed by atoms with E-state index >= 15 is 0 Å². The molecule has 2 heterocycles. The van der Waals surface area contributed by atoms with Crippen molar-refractivity contribution in [3.8, 4) is 11.1 Å². The van der Waals surface area contributed by atoms with Crippen molar-refractivity contribution in [2.24, 2.45) is 10.7 Å². The maximum absolute atomic E-state index is 6.63. The SMILES string of the molecule is NC1(c2cccc(-c3cccc(Cl)c3)c2)N=CC=C(NCCCN2CCOCC2)N1. The van der Waals surface area contributed by atoms with Crippen LogP contribution >= 0.6 is 11.6 Å². The van der Waals surface area contributed by atoms with Crippen LogP contribution in [-0.2, 0) is 10.5 Å². The van der Waals surface area contributed by atoms with Crippen molar-refractivity contribution in [3.05, 3.63) is 71.0 Å². The predicted octanol–water partition coefficient (Wildman–Crippen LogP) is 2.90. The fourth-order valence-electron chi connectivity index (χ4n) is 3.71. The van der Waals surface area contributed by atoms with Crippen LogP contribution in [0.5, 0.6) is 0 Å². The van der Waals surface area contributed by atoms with E-state index < -0.39 is 5.79 Å². The van der Waals surface area contributed by atoms with Gasteiger partial charge in [-0.3, -0.25) is 10.6 Å². The number of halogens is 1. The molecule has 0 spiro atoms. The lowest BCUT2D eigenvalue weighted by Crippen LogP contribution is -2.52. The molecule has 4 rings (SSSR count). The summed E-state index contributed by atoms with van der Waals surface area (Å²) in [5, 5.41) is 7.50. The summed E-state index contributed by atoms with van der Waals surface area (Å²) in [4.78, 5) is 6.95. The standard InChI is InChI=1S/C23H28ClN5O/c24-21-7-2-5-19(17-21)18-4-1-6-20(16-18)23(25)27-10-8-22(28-23)26-9-3-11-29-12-14-30-15-13-29/h1-2,4-8,10,16-17,26,28H,3,9,11-15,25H2. The summed E-state index contributed by atoms with van der Waals surface area (Å²) in [5.74, 6) is -0.141. The molecule has 1 unspecified atom stereocenters. The van der Waals surface area contributed by atoms with Crippen molar-refractivity contribution < 1.29 is 4.74 Å². The van der Waals surface area contributed by atoms with Gasteiger partial charge in [0.15, 0.2) is 0 Å². The van der Waals surface area contributed by atoms with E-state index in [-0.39, 0.29) is 0 Å². The second-order valence-corrected chi connectivity index (χ2v) is 8.01. The largest absolute Gasteiger partial charge is 0.379 e. The average Bonchev–Trinajstić information content (AvgIpc) is 2.78. The van der Waals surface area contributed by atoms with Crippen LogP contribution in [0.4, 0.5) is 0 Å². The molecule has 2 aliphatic heterocycles. The molecule has 0 amide bonds. The molecule has 1 fully saturated rings. The monoisotopic (exact) mass is 425 g/mol. The zero-order chi connectivity index (χ0) is 20.8. The number of hydrogen-bond donors (Lipinski definition) is 3. The van der Waals surface area contributed by atoms with Crippen molar-refractivity contribution in [2.75, 3.05) is 39.4 Å². The fourth-order valence-corrected chi connectivity index (χ4v) is 3.90. The van der Waals surface area contributed by atoms with Gasteiger partial charge in [-0.05, 0) is 48.4 Å². The molecule has 2 aliphatic rings. The van der Waals surface area contributed by atoms with Crippen LogP contribution in [0.25, 0.3) is 11.1 Å². The van der Waals surface area contributed by atoms with Crippen molar-refractivity contribution in [3.63, 3.8) is 0 Å². The Morgan fingerprint density at radius 3 is 2.70 bits per heavy atom. The van der Waals surface area contributed by atoms with Crippen LogP contribution < -0.4 is 16.4 Å². The van der Waals surface area contributed by atoms with Gasteiger partial charge in [0.25, 0.3) is 0 Å². The Kier molecular flexibility index (Phi) is 6.69. The second-order valence-electron chi connectivity index (χ2n) is 7.58. The Labute approximate surface area is 182 Å². The first kappa shape index (κ1) is 20.9. The Bertz CT molecular complexity index is 925. The van der Waals surface area contributed by atoms with Crippen LogP contribution in [-0.4, -0.2) is 50.5 Å². The van der Waals surface area contributed by atoms with Crippen LogP contribution in [0.15, 0.2) is 65.4 Å². The van der Waals surface area contributed by atoms with Crippen LogP contribution in [0.3, 0.4) is 0 Å². The van der Waals surface area contributed by atoms with Crippen molar-refractivity contribution >= 4 is 17.8 Å². The minimum Gasteiger partial charge on any atom is -0.379 e.